The summed E-state index contributed by atoms with van der Waals surface area (Å²) in [6.45, 7) is 7.39. The minimum Gasteiger partial charge on any atom is -0.460 e. The van der Waals surface area contributed by atoms with E-state index in [2.05, 4.69) is 10.6 Å². The van der Waals surface area contributed by atoms with E-state index in [1.165, 1.54) is 0 Å². The molecule has 0 aliphatic carbocycles. The molecule has 8 heteroatoms. The fourth-order valence-corrected chi connectivity index (χ4v) is 2.78. The molecule has 0 bridgehead atoms. The van der Waals surface area contributed by atoms with Gasteiger partial charge in [-0.25, -0.2) is 9.59 Å². The number of carbonyl (C=O) groups is 4. The Labute approximate surface area is 177 Å². The minimum absolute atomic E-state index is 0.0716. The lowest BCUT2D eigenvalue weighted by molar-refractivity contribution is -0.154. The molecule has 1 aromatic carbocycles. The first kappa shape index (κ1) is 25.1. The van der Waals surface area contributed by atoms with E-state index >= 15 is 0 Å². The quantitative estimate of drug-likeness (QED) is 0.397. The molecule has 1 rings (SSSR count). The van der Waals surface area contributed by atoms with Gasteiger partial charge in [0.1, 0.15) is 12.6 Å². The lowest BCUT2D eigenvalue weighted by Crippen LogP contribution is -2.53. The maximum Gasteiger partial charge on any atom is 0.408 e. The Kier molecular flexibility index (Phi) is 11.2. The van der Waals surface area contributed by atoms with Gasteiger partial charge in [-0.2, -0.15) is 0 Å². The second-order valence-corrected chi connectivity index (χ2v) is 7.32. The molecule has 0 saturated heterocycles. The summed E-state index contributed by atoms with van der Waals surface area (Å²) in [5, 5.41) is 5.14. The highest BCUT2D eigenvalue weighted by atomic mass is 16.5. The van der Waals surface area contributed by atoms with Crippen LogP contribution in [0, 0.1) is 5.92 Å². The Morgan fingerprint density at radius 1 is 0.933 bits per heavy atom. The third-order valence-electron chi connectivity index (χ3n) is 4.22. The molecule has 1 unspecified atom stereocenters. The predicted octanol–water partition coefficient (Wildman–Crippen LogP) is 2.74. The molecule has 0 aliphatic heterocycles. The molecule has 0 spiro atoms. The fraction of sp³-hybridized carbons (Fsp3) is 0.545. The number of esters is 1. The highest BCUT2D eigenvalue weighted by Crippen LogP contribution is 2.08. The molecule has 0 saturated carbocycles. The summed E-state index contributed by atoms with van der Waals surface area (Å²) in [5.74, 6) is -2.23. The van der Waals surface area contributed by atoms with Gasteiger partial charge >= 0.3 is 12.1 Å². The fourth-order valence-electron chi connectivity index (χ4n) is 2.78. The molecule has 0 fully saturated rings. The molecule has 2 N–H and O–H groups in total. The van der Waals surface area contributed by atoms with Crippen LogP contribution in [0.15, 0.2) is 30.3 Å². The van der Waals surface area contributed by atoms with Gasteiger partial charge in [0.05, 0.1) is 12.6 Å². The van der Waals surface area contributed by atoms with Crippen molar-refractivity contribution in [2.75, 3.05) is 6.61 Å². The number of carbonyl (C=O) groups excluding carboxylic acids is 4. The van der Waals surface area contributed by atoms with Gasteiger partial charge < -0.3 is 20.1 Å². The Morgan fingerprint density at radius 2 is 1.60 bits per heavy atom. The number of ether oxygens (including phenoxy) is 2. The second kappa shape index (κ2) is 13.3. The van der Waals surface area contributed by atoms with Crippen LogP contribution >= 0.6 is 0 Å². The van der Waals surface area contributed by atoms with E-state index in [9.17, 15) is 19.2 Å². The highest BCUT2D eigenvalue weighted by Gasteiger charge is 2.31. The van der Waals surface area contributed by atoms with Crippen LogP contribution in [0.1, 0.15) is 52.5 Å². The third-order valence-corrected chi connectivity index (χ3v) is 4.22. The van der Waals surface area contributed by atoms with Gasteiger partial charge in [-0.05, 0) is 31.2 Å². The normalized spacial score (nSPS) is 12.6. The van der Waals surface area contributed by atoms with Crippen LogP contribution in [0.4, 0.5) is 4.79 Å². The Balaban J connectivity index is 2.76. The van der Waals surface area contributed by atoms with Gasteiger partial charge in [-0.3, -0.25) is 9.59 Å². The number of alkyl carbamates (subject to hydrolysis) is 1. The number of amides is 2. The van der Waals surface area contributed by atoms with Gasteiger partial charge in [0, 0.05) is 0 Å². The van der Waals surface area contributed by atoms with Gasteiger partial charge in [0.15, 0.2) is 0 Å². The van der Waals surface area contributed by atoms with Crippen LogP contribution in [0.25, 0.3) is 0 Å². The standard InChI is InChI=1S/C22H32N2O6/c1-5-10-17(19(25)21(27)29-6-2)23-20(26)18(13-15(3)4)24-22(28)30-14-16-11-8-7-9-12-16/h7-9,11-12,15,17-18H,5-6,10,13-14H2,1-4H3,(H,23,26)(H,24,28)/t17?,18-/m0/s1. The first-order valence-corrected chi connectivity index (χ1v) is 10.3. The number of hydrogen-bond acceptors (Lipinski definition) is 6. The molecular formula is C22H32N2O6. The van der Waals surface area contributed by atoms with Crippen molar-refractivity contribution in [3.63, 3.8) is 0 Å². The molecule has 8 nitrogen and oxygen atoms in total. The van der Waals surface area contributed by atoms with Crippen molar-refractivity contribution in [3.8, 4) is 0 Å². The SMILES string of the molecule is CCCC(NC(=O)[C@H](CC(C)C)NC(=O)OCc1ccccc1)C(=O)C(=O)OCC. The summed E-state index contributed by atoms with van der Waals surface area (Å²) < 4.78 is 9.94. The molecule has 0 heterocycles. The van der Waals surface area contributed by atoms with Gasteiger partial charge in [0.2, 0.25) is 5.91 Å². The smallest absolute Gasteiger partial charge is 0.408 e. The number of nitrogens with one attached hydrogen (secondary N) is 2. The van der Waals surface area contributed by atoms with Crippen LogP contribution in [0.2, 0.25) is 0 Å². The van der Waals surface area contributed by atoms with Gasteiger partial charge in [0.25, 0.3) is 5.78 Å². The van der Waals surface area contributed by atoms with E-state index in [1.807, 2.05) is 51.1 Å². The largest absolute Gasteiger partial charge is 0.460 e. The molecular weight excluding hydrogens is 388 g/mol. The van der Waals surface area contributed by atoms with Crippen LogP contribution < -0.4 is 10.6 Å². The Hall–Kier alpha value is -2.90. The van der Waals surface area contributed by atoms with E-state index in [4.69, 9.17) is 9.47 Å². The molecule has 2 atom stereocenters. The Bertz CT molecular complexity index is 705. The van der Waals surface area contributed by atoms with Crippen molar-refractivity contribution in [1.29, 1.82) is 0 Å². The zero-order valence-corrected chi connectivity index (χ0v) is 18.1. The zero-order chi connectivity index (χ0) is 22.5. The molecule has 166 valence electrons. The van der Waals surface area contributed by atoms with Crippen molar-refractivity contribution < 1.29 is 28.7 Å². The summed E-state index contributed by atoms with van der Waals surface area (Å²) in [4.78, 5) is 49.0. The summed E-state index contributed by atoms with van der Waals surface area (Å²) in [5.41, 5.74) is 0.820. The maximum atomic E-state index is 12.8. The number of benzene rings is 1. The molecule has 1 aromatic rings. The number of rotatable bonds is 12. The Morgan fingerprint density at radius 3 is 2.17 bits per heavy atom. The van der Waals surface area contributed by atoms with Crippen LogP contribution in [0.5, 0.6) is 0 Å². The van der Waals surface area contributed by atoms with Crippen molar-refractivity contribution in [1.82, 2.24) is 10.6 Å². The molecule has 0 aromatic heterocycles. The molecule has 30 heavy (non-hydrogen) atoms. The van der Waals surface area contributed by atoms with E-state index in [0.717, 1.165) is 5.56 Å². The van der Waals surface area contributed by atoms with Gasteiger partial charge in [-0.1, -0.05) is 57.5 Å². The minimum atomic E-state index is -1.00. The number of hydrogen-bond donors (Lipinski definition) is 2. The van der Waals surface area contributed by atoms with E-state index in [0.29, 0.717) is 12.8 Å². The highest BCUT2D eigenvalue weighted by molar-refractivity contribution is 6.36. The molecule has 2 amide bonds. The van der Waals surface area contributed by atoms with E-state index in [-0.39, 0.29) is 25.6 Å². The van der Waals surface area contributed by atoms with Crippen molar-refractivity contribution >= 4 is 23.8 Å². The van der Waals surface area contributed by atoms with Crippen molar-refractivity contribution in [2.45, 2.75) is 65.6 Å². The lowest BCUT2D eigenvalue weighted by Gasteiger charge is -2.23. The summed E-state index contributed by atoms with van der Waals surface area (Å²) in [6.07, 6.45) is 0.482. The first-order chi connectivity index (χ1) is 14.3. The summed E-state index contributed by atoms with van der Waals surface area (Å²) in [7, 11) is 0. The van der Waals surface area contributed by atoms with Crippen LogP contribution in [0.3, 0.4) is 0 Å². The zero-order valence-electron chi connectivity index (χ0n) is 18.1. The summed E-state index contributed by atoms with van der Waals surface area (Å²) >= 11 is 0. The number of Topliss-reactive ketones (excluding diaryl/α,β-unsaturated/α-hetero) is 1. The second-order valence-electron chi connectivity index (χ2n) is 7.32. The predicted molar refractivity (Wildman–Crippen MR) is 111 cm³/mol. The van der Waals surface area contributed by atoms with E-state index in [1.54, 1.807) is 6.92 Å². The third kappa shape index (κ3) is 9.07. The monoisotopic (exact) mass is 420 g/mol. The van der Waals surface area contributed by atoms with Crippen molar-refractivity contribution in [2.24, 2.45) is 5.92 Å². The van der Waals surface area contributed by atoms with E-state index < -0.39 is 35.8 Å². The average molecular weight is 421 g/mol. The lowest BCUT2D eigenvalue weighted by atomic mass is 10.0. The van der Waals surface area contributed by atoms with Crippen LogP contribution in [-0.2, 0) is 30.5 Å². The molecule has 0 aliphatic rings. The topological polar surface area (TPSA) is 111 Å². The first-order valence-electron chi connectivity index (χ1n) is 10.3. The van der Waals surface area contributed by atoms with Crippen molar-refractivity contribution in [3.05, 3.63) is 35.9 Å². The van der Waals surface area contributed by atoms with Crippen LogP contribution in [-0.4, -0.2) is 42.4 Å². The summed E-state index contributed by atoms with van der Waals surface area (Å²) in [6, 6.07) is 7.27. The average Bonchev–Trinajstić information content (AvgIpc) is 2.71. The number of ketones is 1. The van der Waals surface area contributed by atoms with Gasteiger partial charge in [-0.15, -0.1) is 0 Å². The maximum absolute atomic E-state index is 12.8. The molecule has 0 radical (unpaired) electrons.